The van der Waals surface area contributed by atoms with Crippen LogP contribution < -0.4 is 14.8 Å². The lowest BCUT2D eigenvalue weighted by Gasteiger charge is -2.18. The third kappa shape index (κ3) is 6.78. The predicted octanol–water partition coefficient (Wildman–Crippen LogP) is 5.93. The van der Waals surface area contributed by atoms with Gasteiger partial charge in [-0.05, 0) is 58.1 Å². The highest BCUT2D eigenvalue weighted by Crippen LogP contribution is 2.38. The Morgan fingerprint density at radius 1 is 1.24 bits per heavy atom. The minimum Gasteiger partial charge on any atom is -0.493 e. The second kappa shape index (κ2) is 11.1. The maximum atomic E-state index is 11.4. The third-order valence-corrected chi connectivity index (χ3v) is 5.57. The van der Waals surface area contributed by atoms with Crippen molar-refractivity contribution in [3.63, 3.8) is 0 Å². The Morgan fingerprint density at radius 3 is 2.45 bits per heavy atom. The van der Waals surface area contributed by atoms with Gasteiger partial charge in [0.05, 0.1) is 11.6 Å². The summed E-state index contributed by atoms with van der Waals surface area (Å²) in [6, 6.07) is 8.35. The van der Waals surface area contributed by atoms with Gasteiger partial charge in [0.15, 0.2) is 11.5 Å². The topological polar surface area (TPSA) is 67.8 Å². The molecule has 158 valence electrons. The quantitative estimate of drug-likeness (QED) is 0.419. The van der Waals surface area contributed by atoms with Crippen LogP contribution in [0.2, 0.25) is 10.0 Å². The fraction of sp³-hybridized carbons (Fsp3) is 0.381. The van der Waals surface area contributed by atoms with Crippen LogP contribution in [-0.4, -0.2) is 24.2 Å². The Balaban J connectivity index is 2.15. The molecule has 0 aliphatic carbocycles. The number of carboxylic acids is 1. The van der Waals surface area contributed by atoms with E-state index in [0.717, 1.165) is 5.56 Å². The van der Waals surface area contributed by atoms with E-state index >= 15 is 0 Å². The first-order valence-corrected chi connectivity index (χ1v) is 10.7. The van der Waals surface area contributed by atoms with E-state index in [1.54, 1.807) is 25.3 Å². The Bertz CT molecular complexity index is 841. The highest BCUT2D eigenvalue weighted by atomic mass is 79.9. The van der Waals surface area contributed by atoms with Crippen molar-refractivity contribution in [1.82, 2.24) is 5.32 Å². The molecule has 0 saturated carbocycles. The molecule has 0 radical (unpaired) electrons. The summed E-state index contributed by atoms with van der Waals surface area (Å²) in [4.78, 5) is 11.4. The molecular weight excluding hydrogens is 481 g/mol. The molecule has 2 aromatic rings. The van der Waals surface area contributed by atoms with Gasteiger partial charge in [0.25, 0.3) is 0 Å². The van der Waals surface area contributed by atoms with Crippen LogP contribution >= 0.6 is 39.1 Å². The van der Waals surface area contributed by atoms with E-state index in [0.29, 0.717) is 44.5 Å². The predicted molar refractivity (Wildman–Crippen MR) is 119 cm³/mol. The summed E-state index contributed by atoms with van der Waals surface area (Å²) in [7, 11) is 1.55. The van der Waals surface area contributed by atoms with Crippen molar-refractivity contribution in [2.75, 3.05) is 7.11 Å². The van der Waals surface area contributed by atoms with Crippen LogP contribution in [0.15, 0.2) is 34.8 Å². The molecule has 0 fully saturated rings. The SMILES string of the molecule is COc1cc(CNC(CC(C)C)C(=O)O)cc(Br)c1OCc1c(Cl)cccc1Cl. The highest BCUT2D eigenvalue weighted by molar-refractivity contribution is 9.10. The monoisotopic (exact) mass is 503 g/mol. The number of hydrogen-bond donors (Lipinski definition) is 2. The minimum atomic E-state index is -0.860. The number of halogens is 3. The van der Waals surface area contributed by atoms with E-state index in [4.69, 9.17) is 32.7 Å². The summed E-state index contributed by atoms with van der Waals surface area (Å²) >= 11 is 15.9. The van der Waals surface area contributed by atoms with Crippen molar-refractivity contribution in [3.05, 3.63) is 56.0 Å². The van der Waals surface area contributed by atoms with E-state index in [9.17, 15) is 9.90 Å². The number of nitrogens with one attached hydrogen (secondary N) is 1. The minimum absolute atomic E-state index is 0.181. The normalized spacial score (nSPS) is 12.1. The Labute approximate surface area is 189 Å². The van der Waals surface area contributed by atoms with Crippen molar-refractivity contribution >= 4 is 45.1 Å². The van der Waals surface area contributed by atoms with Crippen LogP contribution in [0.1, 0.15) is 31.4 Å². The van der Waals surface area contributed by atoms with Gasteiger partial charge in [0.2, 0.25) is 0 Å². The summed E-state index contributed by atoms with van der Waals surface area (Å²) in [5, 5.41) is 13.5. The molecule has 0 spiro atoms. The van der Waals surface area contributed by atoms with Gasteiger partial charge >= 0.3 is 5.97 Å². The number of methoxy groups -OCH3 is 1. The van der Waals surface area contributed by atoms with Crippen molar-refractivity contribution in [1.29, 1.82) is 0 Å². The lowest BCUT2D eigenvalue weighted by atomic mass is 10.0. The molecule has 2 rings (SSSR count). The number of carboxylic acid groups (broad SMARTS) is 1. The van der Waals surface area contributed by atoms with Crippen molar-refractivity contribution in [2.24, 2.45) is 5.92 Å². The molecule has 29 heavy (non-hydrogen) atoms. The molecule has 0 aromatic heterocycles. The summed E-state index contributed by atoms with van der Waals surface area (Å²) < 4.78 is 12.1. The molecule has 0 aliphatic rings. The molecule has 8 heteroatoms. The third-order valence-electron chi connectivity index (χ3n) is 4.27. The molecule has 0 amide bonds. The van der Waals surface area contributed by atoms with Crippen molar-refractivity contribution in [3.8, 4) is 11.5 Å². The number of carbonyl (C=O) groups is 1. The summed E-state index contributed by atoms with van der Waals surface area (Å²) in [5.74, 6) is 0.456. The summed E-state index contributed by atoms with van der Waals surface area (Å²) in [6.45, 7) is 4.55. The van der Waals surface area contributed by atoms with Crippen LogP contribution in [0.4, 0.5) is 0 Å². The van der Waals surface area contributed by atoms with Gasteiger partial charge in [-0.25, -0.2) is 0 Å². The number of rotatable bonds is 10. The molecule has 5 nitrogen and oxygen atoms in total. The highest BCUT2D eigenvalue weighted by Gasteiger charge is 2.19. The first kappa shape index (κ1) is 23.8. The van der Waals surface area contributed by atoms with Gasteiger partial charge in [0.1, 0.15) is 12.6 Å². The lowest BCUT2D eigenvalue weighted by Crippen LogP contribution is -2.37. The fourth-order valence-corrected chi connectivity index (χ4v) is 3.92. The number of aliphatic carboxylic acids is 1. The van der Waals surface area contributed by atoms with Crippen molar-refractivity contribution < 1.29 is 19.4 Å². The fourth-order valence-electron chi connectivity index (χ4n) is 2.81. The smallest absolute Gasteiger partial charge is 0.320 e. The van der Waals surface area contributed by atoms with E-state index in [-0.39, 0.29) is 12.5 Å². The van der Waals surface area contributed by atoms with Gasteiger partial charge in [-0.2, -0.15) is 0 Å². The lowest BCUT2D eigenvalue weighted by molar-refractivity contribution is -0.140. The molecular formula is C21H24BrCl2NO4. The van der Waals surface area contributed by atoms with E-state index in [2.05, 4.69) is 21.2 Å². The molecule has 0 heterocycles. The molecule has 0 aliphatic heterocycles. The molecule has 2 aromatic carbocycles. The van der Waals surface area contributed by atoms with Gasteiger partial charge in [-0.3, -0.25) is 4.79 Å². The first-order valence-electron chi connectivity index (χ1n) is 9.11. The summed E-state index contributed by atoms with van der Waals surface area (Å²) in [6.07, 6.45) is 0.549. The first-order chi connectivity index (χ1) is 13.7. The number of benzene rings is 2. The van der Waals surface area contributed by atoms with E-state index < -0.39 is 12.0 Å². The Morgan fingerprint density at radius 2 is 1.90 bits per heavy atom. The maximum Gasteiger partial charge on any atom is 0.320 e. The second-order valence-corrected chi connectivity index (χ2v) is 8.67. The van der Waals surface area contributed by atoms with E-state index in [1.807, 2.05) is 26.0 Å². The van der Waals surface area contributed by atoms with Crippen molar-refractivity contribution in [2.45, 2.75) is 39.5 Å². The molecule has 2 N–H and O–H groups in total. The zero-order valence-electron chi connectivity index (χ0n) is 16.5. The van der Waals surface area contributed by atoms with Crippen LogP contribution in [-0.2, 0) is 17.9 Å². The van der Waals surface area contributed by atoms with Gasteiger partial charge < -0.3 is 19.9 Å². The molecule has 0 bridgehead atoms. The number of ether oxygens (including phenoxy) is 2. The zero-order valence-corrected chi connectivity index (χ0v) is 19.6. The molecule has 1 atom stereocenters. The van der Waals surface area contributed by atoms with E-state index in [1.165, 1.54) is 0 Å². The van der Waals surface area contributed by atoms with Crippen LogP contribution in [0.25, 0.3) is 0 Å². The zero-order chi connectivity index (χ0) is 21.6. The Hall–Kier alpha value is -1.47. The Kier molecular flexibility index (Phi) is 9.08. The molecule has 0 saturated heterocycles. The van der Waals surface area contributed by atoms with Gasteiger partial charge in [0, 0.05) is 22.2 Å². The summed E-state index contributed by atoms with van der Waals surface area (Å²) in [5.41, 5.74) is 1.56. The van der Waals surface area contributed by atoms with Crippen LogP contribution in [0.3, 0.4) is 0 Å². The largest absolute Gasteiger partial charge is 0.493 e. The van der Waals surface area contributed by atoms with Crippen LogP contribution in [0, 0.1) is 5.92 Å². The average molecular weight is 505 g/mol. The second-order valence-electron chi connectivity index (χ2n) is 7.00. The van der Waals surface area contributed by atoms with Gasteiger partial charge in [-0.15, -0.1) is 0 Å². The average Bonchev–Trinajstić information content (AvgIpc) is 2.65. The standard InChI is InChI=1S/C21H24BrCl2NO4/c1-12(2)7-18(21(26)27)25-10-13-8-15(22)20(19(9-13)28-3)29-11-14-16(23)5-4-6-17(14)24/h4-6,8-9,12,18,25H,7,10-11H2,1-3H3,(H,26,27). The van der Waals surface area contributed by atoms with Gasteiger partial charge in [-0.1, -0.05) is 43.1 Å². The maximum absolute atomic E-state index is 11.4. The van der Waals surface area contributed by atoms with Crippen LogP contribution in [0.5, 0.6) is 11.5 Å². The molecule has 1 unspecified atom stereocenters. The number of hydrogen-bond acceptors (Lipinski definition) is 4.